The average molecular weight is 339 g/mol. The maximum Gasteiger partial charge on any atom is 0.238 e. The molecule has 0 aromatic heterocycles. The van der Waals surface area contributed by atoms with Crippen LogP contribution >= 0.6 is 12.4 Å². The van der Waals surface area contributed by atoms with Crippen molar-refractivity contribution in [2.45, 2.75) is 0 Å². The molecule has 2 saturated heterocycles. The summed E-state index contributed by atoms with van der Waals surface area (Å²) in [7, 11) is 0. The highest BCUT2D eigenvalue weighted by atomic mass is 35.5. The minimum absolute atomic E-state index is 0. The van der Waals surface area contributed by atoms with Crippen molar-refractivity contribution in [2.24, 2.45) is 5.92 Å². The first-order chi connectivity index (χ1) is 10.7. The summed E-state index contributed by atoms with van der Waals surface area (Å²) in [5.41, 5.74) is 0.818. The minimum atomic E-state index is -0.00540. The minimum Gasteiger partial charge on any atom is -0.340 e. The van der Waals surface area contributed by atoms with Crippen molar-refractivity contribution in [2.75, 3.05) is 51.1 Å². The predicted octanol–water partition coefficient (Wildman–Crippen LogP) is 0.411. The third kappa shape index (κ3) is 4.67. The van der Waals surface area contributed by atoms with Gasteiger partial charge in [-0.1, -0.05) is 18.2 Å². The van der Waals surface area contributed by atoms with Gasteiger partial charge in [0.25, 0.3) is 0 Å². The fourth-order valence-electron chi connectivity index (χ4n) is 2.77. The molecule has 0 spiro atoms. The molecule has 2 aliphatic rings. The molecule has 2 N–H and O–H groups in total. The maximum absolute atomic E-state index is 12.1. The summed E-state index contributed by atoms with van der Waals surface area (Å²) in [4.78, 5) is 28.2. The summed E-state index contributed by atoms with van der Waals surface area (Å²) in [5.74, 6) is 0.411. The van der Waals surface area contributed by atoms with Crippen LogP contribution in [0.25, 0.3) is 0 Å². The number of para-hydroxylation sites is 1. The summed E-state index contributed by atoms with van der Waals surface area (Å²) in [5, 5.41) is 6.02. The Bertz CT molecular complexity index is 528. The number of hydrogen-bond donors (Lipinski definition) is 2. The average Bonchev–Trinajstić information content (AvgIpc) is 2.47. The number of nitrogens with one attached hydrogen (secondary N) is 2. The standard InChI is InChI=1S/C16H22N4O2.ClH/c21-15(18-14-4-2-1-3-5-14)12-19-6-8-20(9-7-19)16(22)13-10-17-11-13;/h1-5,13,17H,6-12H2,(H,18,21);1H. The van der Waals surface area contributed by atoms with Crippen LogP contribution in [0.2, 0.25) is 0 Å². The molecule has 1 aromatic rings. The Morgan fingerprint density at radius 3 is 2.30 bits per heavy atom. The van der Waals surface area contributed by atoms with E-state index in [-0.39, 0.29) is 30.1 Å². The molecule has 0 radical (unpaired) electrons. The Labute approximate surface area is 142 Å². The number of carbonyl (C=O) groups is 2. The molecule has 0 unspecified atom stereocenters. The van der Waals surface area contributed by atoms with Crippen molar-refractivity contribution in [3.63, 3.8) is 0 Å². The van der Waals surface area contributed by atoms with Gasteiger partial charge in [0.15, 0.2) is 0 Å². The van der Waals surface area contributed by atoms with Gasteiger partial charge < -0.3 is 15.5 Å². The van der Waals surface area contributed by atoms with Gasteiger partial charge in [-0.05, 0) is 12.1 Å². The van der Waals surface area contributed by atoms with Gasteiger partial charge in [0, 0.05) is 45.0 Å². The van der Waals surface area contributed by atoms with E-state index in [0.717, 1.165) is 31.9 Å². The molecule has 2 fully saturated rings. The predicted molar refractivity (Wildman–Crippen MR) is 91.7 cm³/mol. The van der Waals surface area contributed by atoms with Crippen molar-refractivity contribution in [3.8, 4) is 0 Å². The molecule has 0 aliphatic carbocycles. The zero-order valence-electron chi connectivity index (χ0n) is 13.0. The summed E-state index contributed by atoms with van der Waals surface area (Å²) in [6.07, 6.45) is 0. The first-order valence-corrected chi connectivity index (χ1v) is 7.79. The van der Waals surface area contributed by atoms with E-state index in [1.54, 1.807) is 0 Å². The van der Waals surface area contributed by atoms with Crippen molar-refractivity contribution < 1.29 is 9.59 Å². The summed E-state index contributed by atoms with van der Waals surface area (Å²) in [6, 6.07) is 9.47. The maximum atomic E-state index is 12.1. The van der Waals surface area contributed by atoms with Gasteiger partial charge >= 0.3 is 0 Å². The molecule has 23 heavy (non-hydrogen) atoms. The van der Waals surface area contributed by atoms with Crippen LogP contribution in [0.4, 0.5) is 5.69 Å². The Balaban J connectivity index is 0.00000192. The van der Waals surface area contributed by atoms with Crippen LogP contribution in [0.3, 0.4) is 0 Å². The van der Waals surface area contributed by atoms with Crippen LogP contribution in [0, 0.1) is 5.92 Å². The Kier molecular flexibility index (Phi) is 6.38. The molecular formula is C16H23ClN4O2. The highest BCUT2D eigenvalue weighted by Crippen LogP contribution is 2.11. The lowest BCUT2D eigenvalue weighted by molar-refractivity contribution is -0.138. The normalized spacial score (nSPS) is 18.7. The number of amides is 2. The lowest BCUT2D eigenvalue weighted by Gasteiger charge is -2.38. The number of carbonyl (C=O) groups excluding carboxylic acids is 2. The van der Waals surface area contributed by atoms with E-state index >= 15 is 0 Å². The lowest BCUT2D eigenvalue weighted by Crippen LogP contribution is -2.57. The van der Waals surface area contributed by atoms with Crippen LogP contribution in [0.5, 0.6) is 0 Å². The molecule has 2 amide bonds. The van der Waals surface area contributed by atoms with Crippen LogP contribution in [0.1, 0.15) is 0 Å². The third-order valence-corrected chi connectivity index (χ3v) is 4.24. The van der Waals surface area contributed by atoms with Crippen LogP contribution in [-0.2, 0) is 9.59 Å². The fraction of sp³-hybridized carbons (Fsp3) is 0.500. The molecule has 6 nitrogen and oxygen atoms in total. The zero-order chi connectivity index (χ0) is 15.4. The number of rotatable bonds is 4. The molecule has 1 aromatic carbocycles. The molecular weight excluding hydrogens is 316 g/mol. The van der Waals surface area contributed by atoms with E-state index in [4.69, 9.17) is 0 Å². The second-order valence-corrected chi connectivity index (χ2v) is 5.87. The number of anilines is 1. The van der Waals surface area contributed by atoms with E-state index in [9.17, 15) is 9.59 Å². The summed E-state index contributed by atoms with van der Waals surface area (Å²) >= 11 is 0. The fourth-order valence-corrected chi connectivity index (χ4v) is 2.77. The van der Waals surface area contributed by atoms with E-state index in [1.807, 2.05) is 35.2 Å². The van der Waals surface area contributed by atoms with Gasteiger partial charge in [-0.3, -0.25) is 14.5 Å². The Hall–Kier alpha value is -1.63. The Morgan fingerprint density at radius 2 is 1.74 bits per heavy atom. The first-order valence-electron chi connectivity index (χ1n) is 7.79. The molecule has 126 valence electrons. The largest absolute Gasteiger partial charge is 0.340 e. The van der Waals surface area contributed by atoms with Crippen molar-refractivity contribution >= 4 is 29.9 Å². The van der Waals surface area contributed by atoms with Gasteiger partial charge in [-0.25, -0.2) is 0 Å². The summed E-state index contributed by atoms with van der Waals surface area (Å²) in [6.45, 7) is 4.93. The monoisotopic (exact) mass is 338 g/mol. The highest BCUT2D eigenvalue weighted by molar-refractivity contribution is 5.92. The van der Waals surface area contributed by atoms with Gasteiger partial charge in [0.1, 0.15) is 0 Å². The second kappa shape index (κ2) is 8.29. The molecule has 0 atom stereocenters. The number of benzene rings is 1. The van der Waals surface area contributed by atoms with Crippen molar-refractivity contribution in [3.05, 3.63) is 30.3 Å². The van der Waals surface area contributed by atoms with E-state index in [0.29, 0.717) is 19.6 Å². The zero-order valence-corrected chi connectivity index (χ0v) is 13.8. The molecule has 2 aliphatic heterocycles. The molecule has 0 saturated carbocycles. The topological polar surface area (TPSA) is 64.7 Å². The highest BCUT2D eigenvalue weighted by Gasteiger charge is 2.31. The quantitative estimate of drug-likeness (QED) is 0.834. The number of nitrogens with zero attached hydrogens (tertiary/aromatic N) is 2. The first kappa shape index (κ1) is 17.7. The molecule has 2 heterocycles. The van der Waals surface area contributed by atoms with Crippen LogP contribution in [-0.4, -0.2) is 67.4 Å². The van der Waals surface area contributed by atoms with Gasteiger partial charge in [0.2, 0.25) is 11.8 Å². The van der Waals surface area contributed by atoms with Crippen molar-refractivity contribution in [1.29, 1.82) is 0 Å². The van der Waals surface area contributed by atoms with Gasteiger partial charge in [-0.2, -0.15) is 0 Å². The van der Waals surface area contributed by atoms with Crippen LogP contribution < -0.4 is 10.6 Å². The SMILES string of the molecule is Cl.O=C(CN1CCN(C(=O)C2CNC2)CC1)Nc1ccccc1. The van der Waals surface area contributed by atoms with Gasteiger partial charge in [-0.15, -0.1) is 12.4 Å². The van der Waals surface area contributed by atoms with Gasteiger partial charge in [0.05, 0.1) is 12.5 Å². The Morgan fingerprint density at radius 1 is 1.09 bits per heavy atom. The van der Waals surface area contributed by atoms with E-state index < -0.39 is 0 Å². The molecule has 3 rings (SSSR count). The summed E-state index contributed by atoms with van der Waals surface area (Å²) < 4.78 is 0. The molecule has 7 heteroatoms. The van der Waals surface area contributed by atoms with Crippen LogP contribution in [0.15, 0.2) is 30.3 Å². The number of halogens is 1. The smallest absolute Gasteiger partial charge is 0.238 e. The van der Waals surface area contributed by atoms with Crippen molar-refractivity contribution in [1.82, 2.24) is 15.1 Å². The number of hydrogen-bond acceptors (Lipinski definition) is 4. The van der Waals surface area contributed by atoms with E-state index in [1.165, 1.54) is 0 Å². The lowest BCUT2D eigenvalue weighted by atomic mass is 10.0. The van der Waals surface area contributed by atoms with E-state index in [2.05, 4.69) is 15.5 Å². The second-order valence-electron chi connectivity index (χ2n) is 5.87. The number of piperazine rings is 1. The molecule has 0 bridgehead atoms. The third-order valence-electron chi connectivity index (χ3n) is 4.24.